The van der Waals surface area contributed by atoms with Gasteiger partial charge in [0, 0.05) is 23.0 Å². The third-order valence-corrected chi connectivity index (χ3v) is 3.74. The number of alkyl halides is 1. The standard InChI is InChI=1S/C13H16ClF2N/c14-11-4-1-5-12(15)10(11)8-13(16)6-2-3-9(17)7-13/h1,4-5,9H,2-3,6-8,17H2. The second-order valence-electron chi connectivity index (χ2n) is 4.88. The third-order valence-electron chi connectivity index (χ3n) is 3.38. The van der Waals surface area contributed by atoms with Crippen LogP contribution >= 0.6 is 11.6 Å². The van der Waals surface area contributed by atoms with Crippen molar-refractivity contribution in [2.75, 3.05) is 0 Å². The van der Waals surface area contributed by atoms with Gasteiger partial charge >= 0.3 is 0 Å². The summed E-state index contributed by atoms with van der Waals surface area (Å²) < 4.78 is 28.2. The molecule has 1 aliphatic rings. The Labute approximate surface area is 105 Å². The van der Waals surface area contributed by atoms with Crippen molar-refractivity contribution in [2.45, 2.75) is 43.8 Å². The molecule has 0 heterocycles. The molecule has 0 aromatic heterocycles. The van der Waals surface area contributed by atoms with Gasteiger partial charge in [0.25, 0.3) is 0 Å². The molecule has 0 aliphatic heterocycles. The molecule has 1 fully saturated rings. The average Bonchev–Trinajstić information content (AvgIpc) is 2.23. The summed E-state index contributed by atoms with van der Waals surface area (Å²) in [7, 11) is 0. The molecular formula is C13H16ClF2N. The maximum atomic E-state index is 14.6. The van der Waals surface area contributed by atoms with Crippen molar-refractivity contribution in [3.63, 3.8) is 0 Å². The van der Waals surface area contributed by atoms with E-state index in [0.29, 0.717) is 11.4 Å². The summed E-state index contributed by atoms with van der Waals surface area (Å²) in [5.74, 6) is -0.436. The van der Waals surface area contributed by atoms with Crippen LogP contribution in [-0.4, -0.2) is 11.7 Å². The van der Waals surface area contributed by atoms with Crippen LogP contribution in [0.4, 0.5) is 8.78 Å². The van der Waals surface area contributed by atoms with Crippen LogP contribution in [0.5, 0.6) is 0 Å². The van der Waals surface area contributed by atoms with Crippen molar-refractivity contribution in [2.24, 2.45) is 5.73 Å². The molecule has 0 spiro atoms. The van der Waals surface area contributed by atoms with Crippen LogP contribution in [0.2, 0.25) is 5.02 Å². The molecule has 2 unspecified atom stereocenters. The Bertz CT molecular complexity index is 390. The summed E-state index contributed by atoms with van der Waals surface area (Å²) in [5, 5.41) is 0.293. The van der Waals surface area contributed by atoms with E-state index in [4.69, 9.17) is 17.3 Å². The zero-order valence-electron chi connectivity index (χ0n) is 9.56. The van der Waals surface area contributed by atoms with Gasteiger partial charge in [-0.25, -0.2) is 8.78 Å². The van der Waals surface area contributed by atoms with Crippen LogP contribution < -0.4 is 5.73 Å². The van der Waals surface area contributed by atoms with E-state index in [1.165, 1.54) is 12.1 Å². The number of halogens is 3. The predicted molar refractivity (Wildman–Crippen MR) is 65.4 cm³/mol. The monoisotopic (exact) mass is 259 g/mol. The molecule has 1 aromatic carbocycles. The van der Waals surface area contributed by atoms with Crippen molar-refractivity contribution in [3.05, 3.63) is 34.6 Å². The largest absolute Gasteiger partial charge is 0.328 e. The maximum absolute atomic E-state index is 14.6. The van der Waals surface area contributed by atoms with Crippen LogP contribution in [0.3, 0.4) is 0 Å². The molecule has 17 heavy (non-hydrogen) atoms. The molecule has 94 valence electrons. The highest BCUT2D eigenvalue weighted by molar-refractivity contribution is 6.31. The van der Waals surface area contributed by atoms with Crippen molar-refractivity contribution >= 4 is 11.6 Å². The Morgan fingerprint density at radius 2 is 2.24 bits per heavy atom. The second kappa shape index (κ2) is 4.91. The van der Waals surface area contributed by atoms with Gasteiger partial charge in [-0.2, -0.15) is 0 Å². The van der Waals surface area contributed by atoms with Gasteiger partial charge in [0.05, 0.1) is 0 Å². The van der Waals surface area contributed by atoms with E-state index in [1.54, 1.807) is 6.07 Å². The third kappa shape index (κ3) is 2.96. The highest BCUT2D eigenvalue weighted by atomic mass is 35.5. The minimum Gasteiger partial charge on any atom is -0.328 e. The number of nitrogens with two attached hydrogens (primary N) is 1. The lowest BCUT2D eigenvalue weighted by Gasteiger charge is -2.33. The van der Waals surface area contributed by atoms with E-state index in [1.807, 2.05) is 0 Å². The first kappa shape index (κ1) is 12.8. The molecule has 0 amide bonds. The fraction of sp³-hybridized carbons (Fsp3) is 0.538. The molecule has 4 heteroatoms. The molecule has 1 aliphatic carbocycles. The topological polar surface area (TPSA) is 26.0 Å². The summed E-state index contributed by atoms with van der Waals surface area (Å²) in [6, 6.07) is 4.30. The van der Waals surface area contributed by atoms with Gasteiger partial charge < -0.3 is 5.73 Å². The molecule has 2 N–H and O–H groups in total. The highest BCUT2D eigenvalue weighted by Crippen LogP contribution is 2.36. The van der Waals surface area contributed by atoms with E-state index in [0.717, 1.165) is 12.8 Å². The summed E-state index contributed by atoms with van der Waals surface area (Å²) in [6.45, 7) is 0. The summed E-state index contributed by atoms with van der Waals surface area (Å²) in [4.78, 5) is 0. The van der Waals surface area contributed by atoms with E-state index in [2.05, 4.69) is 0 Å². The van der Waals surface area contributed by atoms with Crippen molar-refractivity contribution < 1.29 is 8.78 Å². The Morgan fingerprint density at radius 1 is 1.47 bits per heavy atom. The van der Waals surface area contributed by atoms with Crippen molar-refractivity contribution in [1.82, 2.24) is 0 Å². The average molecular weight is 260 g/mol. The Balaban J connectivity index is 2.19. The van der Waals surface area contributed by atoms with Crippen LogP contribution in [0.1, 0.15) is 31.2 Å². The lowest BCUT2D eigenvalue weighted by atomic mass is 9.79. The van der Waals surface area contributed by atoms with Gasteiger partial charge in [-0.05, 0) is 37.8 Å². The number of benzene rings is 1. The molecule has 2 rings (SSSR count). The van der Waals surface area contributed by atoms with E-state index in [-0.39, 0.29) is 24.4 Å². The molecular weight excluding hydrogens is 244 g/mol. The number of hydrogen-bond acceptors (Lipinski definition) is 1. The summed E-state index contributed by atoms with van der Waals surface area (Å²) >= 11 is 5.91. The predicted octanol–water partition coefficient (Wildman–Crippen LogP) is 3.63. The minimum absolute atomic E-state index is 0.0200. The first-order valence-electron chi connectivity index (χ1n) is 5.88. The molecule has 0 bridgehead atoms. The first-order chi connectivity index (χ1) is 8.00. The van der Waals surface area contributed by atoms with Gasteiger partial charge in [0.1, 0.15) is 11.5 Å². The lowest BCUT2D eigenvalue weighted by molar-refractivity contribution is 0.0955. The zero-order chi connectivity index (χ0) is 12.5. The molecule has 0 saturated heterocycles. The van der Waals surface area contributed by atoms with Crippen molar-refractivity contribution in [1.29, 1.82) is 0 Å². The quantitative estimate of drug-likeness (QED) is 0.862. The van der Waals surface area contributed by atoms with Crippen LogP contribution in [0.15, 0.2) is 18.2 Å². The van der Waals surface area contributed by atoms with Crippen LogP contribution in [0, 0.1) is 5.82 Å². The number of hydrogen-bond donors (Lipinski definition) is 1. The SMILES string of the molecule is NC1CCCC(F)(Cc2c(F)cccc2Cl)C1. The van der Waals surface area contributed by atoms with Crippen molar-refractivity contribution in [3.8, 4) is 0 Å². The molecule has 0 radical (unpaired) electrons. The van der Waals surface area contributed by atoms with Gasteiger partial charge in [0.15, 0.2) is 0 Å². The van der Waals surface area contributed by atoms with Crippen LogP contribution in [-0.2, 0) is 6.42 Å². The van der Waals surface area contributed by atoms with Crippen LogP contribution in [0.25, 0.3) is 0 Å². The highest BCUT2D eigenvalue weighted by Gasteiger charge is 2.36. The molecule has 1 nitrogen and oxygen atoms in total. The summed E-state index contributed by atoms with van der Waals surface area (Å²) in [6.07, 6.45) is 2.34. The van der Waals surface area contributed by atoms with Gasteiger partial charge in [-0.15, -0.1) is 0 Å². The van der Waals surface area contributed by atoms with E-state index < -0.39 is 11.5 Å². The van der Waals surface area contributed by atoms with Gasteiger partial charge in [-0.1, -0.05) is 17.7 Å². The first-order valence-corrected chi connectivity index (χ1v) is 6.25. The number of rotatable bonds is 2. The second-order valence-corrected chi connectivity index (χ2v) is 5.29. The Morgan fingerprint density at radius 3 is 2.88 bits per heavy atom. The smallest absolute Gasteiger partial charge is 0.128 e. The Kier molecular flexibility index (Phi) is 3.69. The molecule has 1 saturated carbocycles. The lowest BCUT2D eigenvalue weighted by Crippen LogP contribution is -2.39. The zero-order valence-corrected chi connectivity index (χ0v) is 10.3. The van der Waals surface area contributed by atoms with Gasteiger partial charge in [-0.3, -0.25) is 0 Å². The molecule has 1 aromatic rings. The maximum Gasteiger partial charge on any atom is 0.128 e. The fourth-order valence-corrected chi connectivity index (χ4v) is 2.76. The van der Waals surface area contributed by atoms with E-state index >= 15 is 0 Å². The normalized spacial score (nSPS) is 29.3. The Hall–Kier alpha value is -0.670. The van der Waals surface area contributed by atoms with E-state index in [9.17, 15) is 8.78 Å². The van der Waals surface area contributed by atoms with Gasteiger partial charge in [0.2, 0.25) is 0 Å². The molecule has 2 atom stereocenters. The fourth-order valence-electron chi connectivity index (χ4n) is 2.53. The summed E-state index contributed by atoms with van der Waals surface area (Å²) in [5.41, 5.74) is 4.63. The minimum atomic E-state index is -1.41.